The average Bonchev–Trinajstić information content (AvgIpc) is 2.99. The fourth-order valence-corrected chi connectivity index (χ4v) is 3.68. The van der Waals surface area contributed by atoms with E-state index in [1.807, 2.05) is 30.5 Å². The summed E-state index contributed by atoms with van der Waals surface area (Å²) in [6, 6.07) is 1.91. The monoisotopic (exact) mass is 374 g/mol. The first-order chi connectivity index (χ1) is 12.5. The second kappa shape index (κ2) is 6.78. The van der Waals surface area contributed by atoms with Crippen LogP contribution in [0.4, 0.5) is 0 Å². The van der Waals surface area contributed by atoms with Gasteiger partial charge in [0.05, 0.1) is 5.60 Å². The predicted molar refractivity (Wildman–Crippen MR) is 104 cm³/mol. The molecule has 0 aromatic carbocycles. The number of hydrogen-bond donors (Lipinski definition) is 1. The van der Waals surface area contributed by atoms with E-state index < -0.39 is 5.60 Å². The van der Waals surface area contributed by atoms with Crippen molar-refractivity contribution in [1.82, 2.24) is 19.1 Å². The van der Waals surface area contributed by atoms with Crippen LogP contribution in [-0.4, -0.2) is 48.8 Å². The lowest BCUT2D eigenvalue weighted by Gasteiger charge is -2.45. The first-order valence-electron chi connectivity index (χ1n) is 9.61. The van der Waals surface area contributed by atoms with Gasteiger partial charge in [-0.3, -0.25) is 14.0 Å². The number of rotatable bonds is 5. The molecule has 0 saturated heterocycles. The van der Waals surface area contributed by atoms with Crippen molar-refractivity contribution in [3.63, 3.8) is 0 Å². The molecule has 1 saturated carbocycles. The summed E-state index contributed by atoms with van der Waals surface area (Å²) in [5.74, 6) is 1.01. The van der Waals surface area contributed by atoms with Crippen molar-refractivity contribution in [1.29, 1.82) is 0 Å². The number of fused-ring (bicyclic) bond motifs is 1. The Hall–Kier alpha value is -2.15. The van der Waals surface area contributed by atoms with E-state index in [0.717, 1.165) is 11.4 Å². The maximum Gasteiger partial charge on any atom is 0.291 e. The average molecular weight is 374 g/mol. The summed E-state index contributed by atoms with van der Waals surface area (Å²) in [4.78, 5) is 27.2. The number of aliphatic hydroxyl groups is 1. The molecule has 148 valence electrons. The minimum Gasteiger partial charge on any atom is -0.390 e. The first-order valence-corrected chi connectivity index (χ1v) is 9.61. The van der Waals surface area contributed by atoms with Crippen molar-refractivity contribution >= 4 is 11.4 Å². The van der Waals surface area contributed by atoms with Crippen LogP contribution < -0.4 is 5.56 Å². The fourth-order valence-electron chi connectivity index (χ4n) is 3.68. The highest BCUT2D eigenvalue weighted by molar-refractivity contribution is 5.76. The Kier molecular flexibility index (Phi) is 4.93. The molecule has 7 heteroatoms. The summed E-state index contributed by atoms with van der Waals surface area (Å²) in [7, 11) is 1.73. The molecule has 0 unspecified atom stereocenters. The SMILES string of the molecule is CC(C)c1cc2c(=O)n(CC(=O)N(C)C3CC(C)(O)C3)nc(C(C)C)n2c1. The van der Waals surface area contributed by atoms with Gasteiger partial charge in [0.15, 0.2) is 0 Å². The molecule has 1 aliphatic carbocycles. The van der Waals surface area contributed by atoms with Crippen LogP contribution in [0.1, 0.15) is 70.7 Å². The van der Waals surface area contributed by atoms with E-state index in [0.29, 0.717) is 24.3 Å². The van der Waals surface area contributed by atoms with Gasteiger partial charge in [0, 0.05) is 25.2 Å². The molecule has 0 aliphatic heterocycles. The Morgan fingerprint density at radius 2 is 1.96 bits per heavy atom. The molecule has 27 heavy (non-hydrogen) atoms. The summed E-state index contributed by atoms with van der Waals surface area (Å²) in [5.41, 5.74) is 0.679. The molecule has 0 bridgehead atoms. The lowest BCUT2D eigenvalue weighted by atomic mass is 9.76. The number of carbonyl (C=O) groups excluding carboxylic acids is 1. The van der Waals surface area contributed by atoms with Crippen molar-refractivity contribution in [2.75, 3.05) is 7.05 Å². The fraction of sp³-hybridized carbons (Fsp3) is 0.650. The van der Waals surface area contributed by atoms with Gasteiger partial charge in [0.1, 0.15) is 17.9 Å². The van der Waals surface area contributed by atoms with E-state index in [1.165, 1.54) is 4.68 Å². The topological polar surface area (TPSA) is 79.8 Å². The van der Waals surface area contributed by atoms with Gasteiger partial charge in [-0.1, -0.05) is 27.7 Å². The minimum atomic E-state index is -0.697. The Labute approximate surface area is 159 Å². The number of aromatic nitrogens is 3. The number of likely N-dealkylation sites (N-methyl/N-ethyl adjacent to an activating group) is 1. The molecule has 0 spiro atoms. The zero-order valence-electron chi connectivity index (χ0n) is 17.1. The summed E-state index contributed by atoms with van der Waals surface area (Å²) < 4.78 is 3.14. The van der Waals surface area contributed by atoms with Crippen LogP contribution in [0.2, 0.25) is 0 Å². The zero-order valence-corrected chi connectivity index (χ0v) is 17.1. The van der Waals surface area contributed by atoms with Crippen LogP contribution in [0, 0.1) is 0 Å². The number of hydrogen-bond acceptors (Lipinski definition) is 4. The smallest absolute Gasteiger partial charge is 0.291 e. The largest absolute Gasteiger partial charge is 0.390 e. The predicted octanol–water partition coefficient (Wildman–Crippen LogP) is 2.11. The van der Waals surface area contributed by atoms with Gasteiger partial charge < -0.3 is 10.0 Å². The van der Waals surface area contributed by atoms with Crippen LogP contribution in [0.15, 0.2) is 17.1 Å². The van der Waals surface area contributed by atoms with Gasteiger partial charge in [-0.05, 0) is 37.3 Å². The maximum absolute atomic E-state index is 12.9. The Bertz CT molecular complexity index is 915. The highest BCUT2D eigenvalue weighted by Gasteiger charge is 2.41. The lowest BCUT2D eigenvalue weighted by Crippen LogP contribution is -2.54. The van der Waals surface area contributed by atoms with Gasteiger partial charge in [-0.2, -0.15) is 5.10 Å². The molecular formula is C20H30N4O3. The molecule has 7 nitrogen and oxygen atoms in total. The molecule has 2 aromatic rings. The Morgan fingerprint density at radius 1 is 1.33 bits per heavy atom. The van der Waals surface area contributed by atoms with Gasteiger partial charge in [0.25, 0.3) is 5.56 Å². The van der Waals surface area contributed by atoms with E-state index in [9.17, 15) is 14.7 Å². The van der Waals surface area contributed by atoms with Crippen LogP contribution in [0.25, 0.3) is 5.52 Å². The molecule has 1 aliphatic rings. The van der Waals surface area contributed by atoms with Gasteiger partial charge in [-0.15, -0.1) is 0 Å². The normalized spacial score (nSPS) is 22.5. The van der Waals surface area contributed by atoms with Crippen molar-refractivity contribution < 1.29 is 9.90 Å². The third kappa shape index (κ3) is 3.65. The molecular weight excluding hydrogens is 344 g/mol. The molecule has 0 radical (unpaired) electrons. The highest BCUT2D eigenvalue weighted by atomic mass is 16.3. The molecule has 3 rings (SSSR count). The lowest BCUT2D eigenvalue weighted by molar-refractivity contribution is -0.141. The first kappa shape index (κ1) is 19.6. The standard InChI is InChI=1S/C20H30N4O3/c1-12(2)14-7-16-19(26)24(21-18(13(3)4)23(16)10-14)11-17(25)22(6)15-8-20(5,27)9-15/h7,10,12-13,15,27H,8-9,11H2,1-6H3. The van der Waals surface area contributed by atoms with Crippen molar-refractivity contribution in [2.45, 2.75) is 77.5 Å². The third-order valence-electron chi connectivity index (χ3n) is 5.52. The van der Waals surface area contributed by atoms with Gasteiger partial charge in [0.2, 0.25) is 5.91 Å². The molecule has 1 N–H and O–H groups in total. The molecule has 2 aromatic heterocycles. The highest BCUT2D eigenvalue weighted by Crippen LogP contribution is 2.34. The maximum atomic E-state index is 12.9. The van der Waals surface area contributed by atoms with E-state index in [2.05, 4.69) is 18.9 Å². The quantitative estimate of drug-likeness (QED) is 0.869. The van der Waals surface area contributed by atoms with E-state index >= 15 is 0 Å². The minimum absolute atomic E-state index is 0.0114. The van der Waals surface area contributed by atoms with Crippen LogP contribution in [0.3, 0.4) is 0 Å². The third-order valence-corrected chi connectivity index (χ3v) is 5.52. The van der Waals surface area contributed by atoms with E-state index in [4.69, 9.17) is 0 Å². The van der Waals surface area contributed by atoms with Crippen molar-refractivity contribution in [2.24, 2.45) is 0 Å². The number of nitrogens with zero attached hydrogens (tertiary/aromatic N) is 4. The Morgan fingerprint density at radius 3 is 2.48 bits per heavy atom. The van der Waals surface area contributed by atoms with E-state index in [1.54, 1.807) is 18.9 Å². The molecule has 0 atom stereocenters. The molecule has 1 fully saturated rings. The zero-order chi connectivity index (χ0) is 20.1. The summed E-state index contributed by atoms with van der Waals surface area (Å²) in [5, 5.41) is 14.4. The number of carbonyl (C=O) groups is 1. The molecule has 1 amide bonds. The van der Waals surface area contributed by atoms with Crippen LogP contribution in [0.5, 0.6) is 0 Å². The number of amides is 1. The summed E-state index contributed by atoms with van der Waals surface area (Å²) in [6.45, 7) is 9.90. The van der Waals surface area contributed by atoms with Crippen molar-refractivity contribution in [3.05, 3.63) is 34.0 Å². The second-order valence-corrected chi connectivity index (χ2v) is 8.72. The second-order valence-electron chi connectivity index (χ2n) is 8.72. The van der Waals surface area contributed by atoms with Crippen LogP contribution in [-0.2, 0) is 11.3 Å². The van der Waals surface area contributed by atoms with Crippen LogP contribution >= 0.6 is 0 Å². The van der Waals surface area contributed by atoms with Gasteiger partial charge in [-0.25, -0.2) is 4.68 Å². The van der Waals surface area contributed by atoms with Crippen molar-refractivity contribution in [3.8, 4) is 0 Å². The van der Waals surface area contributed by atoms with Gasteiger partial charge >= 0.3 is 0 Å². The Balaban J connectivity index is 1.93. The molecule has 2 heterocycles. The summed E-state index contributed by atoms with van der Waals surface area (Å²) in [6.07, 6.45) is 3.09. The summed E-state index contributed by atoms with van der Waals surface area (Å²) >= 11 is 0. The van der Waals surface area contributed by atoms with E-state index in [-0.39, 0.29) is 30.0 Å².